The van der Waals surface area contributed by atoms with Crippen LogP contribution in [0.5, 0.6) is 5.75 Å². The number of aldehydes is 1. The van der Waals surface area contributed by atoms with Crippen molar-refractivity contribution in [3.8, 4) is 5.75 Å². The lowest BCUT2D eigenvalue weighted by atomic mass is 9.96. The molecular formula is C20H21NO4. The molecule has 0 spiro atoms. The van der Waals surface area contributed by atoms with Gasteiger partial charge in [-0.2, -0.15) is 0 Å². The van der Waals surface area contributed by atoms with E-state index in [1.54, 1.807) is 6.07 Å². The number of aliphatic carboxylic acids is 1. The molecule has 1 aliphatic rings. The van der Waals surface area contributed by atoms with Crippen molar-refractivity contribution >= 4 is 17.9 Å². The van der Waals surface area contributed by atoms with Crippen molar-refractivity contribution in [3.05, 3.63) is 59.7 Å². The second kappa shape index (κ2) is 7.83. The van der Waals surface area contributed by atoms with Crippen molar-refractivity contribution in [2.75, 3.05) is 18.0 Å². The average Bonchev–Trinajstić information content (AvgIpc) is 2.67. The molecule has 1 heterocycles. The molecule has 1 fully saturated rings. The van der Waals surface area contributed by atoms with Crippen molar-refractivity contribution in [2.24, 2.45) is 5.92 Å². The molecule has 2 aromatic carbocycles. The fourth-order valence-corrected chi connectivity index (χ4v) is 3.16. The molecule has 130 valence electrons. The number of hydrogen-bond donors (Lipinski definition) is 1. The summed E-state index contributed by atoms with van der Waals surface area (Å²) in [5, 5.41) is 9.12. The highest BCUT2D eigenvalue weighted by Crippen LogP contribution is 2.31. The molecule has 1 aliphatic heterocycles. The van der Waals surface area contributed by atoms with Gasteiger partial charge in [0.2, 0.25) is 0 Å². The highest BCUT2D eigenvalue weighted by molar-refractivity contribution is 5.88. The van der Waals surface area contributed by atoms with Crippen LogP contribution in [0.15, 0.2) is 48.5 Å². The predicted molar refractivity (Wildman–Crippen MR) is 95.2 cm³/mol. The Kier molecular flexibility index (Phi) is 5.33. The first-order chi connectivity index (χ1) is 12.2. The summed E-state index contributed by atoms with van der Waals surface area (Å²) < 4.78 is 5.85. The van der Waals surface area contributed by atoms with Crippen LogP contribution in [0.2, 0.25) is 0 Å². The van der Waals surface area contributed by atoms with Crippen LogP contribution in [0, 0.1) is 5.92 Å². The lowest BCUT2D eigenvalue weighted by Crippen LogP contribution is -2.36. The number of carboxylic acids is 1. The third-order valence-corrected chi connectivity index (χ3v) is 4.58. The van der Waals surface area contributed by atoms with Crippen LogP contribution in [-0.4, -0.2) is 30.5 Å². The van der Waals surface area contributed by atoms with Gasteiger partial charge in [0, 0.05) is 13.1 Å². The van der Waals surface area contributed by atoms with Crippen molar-refractivity contribution in [2.45, 2.75) is 19.4 Å². The number of anilines is 1. The zero-order chi connectivity index (χ0) is 17.6. The van der Waals surface area contributed by atoms with E-state index < -0.39 is 5.97 Å². The number of carboxylic acid groups (broad SMARTS) is 1. The largest absolute Gasteiger partial charge is 0.488 e. The molecule has 0 amide bonds. The summed E-state index contributed by atoms with van der Waals surface area (Å²) in [6.45, 7) is 1.64. The lowest BCUT2D eigenvalue weighted by molar-refractivity contribution is -0.142. The Morgan fingerprint density at radius 1 is 1.12 bits per heavy atom. The molecule has 3 rings (SSSR count). The maximum Gasteiger partial charge on any atom is 0.306 e. The van der Waals surface area contributed by atoms with E-state index in [1.807, 2.05) is 42.5 Å². The maximum atomic E-state index is 11.7. The van der Waals surface area contributed by atoms with Crippen LogP contribution >= 0.6 is 0 Å². The van der Waals surface area contributed by atoms with E-state index in [-0.39, 0.29) is 5.92 Å². The van der Waals surface area contributed by atoms with E-state index in [4.69, 9.17) is 9.84 Å². The third kappa shape index (κ3) is 3.99. The maximum absolute atomic E-state index is 11.7. The second-order valence-corrected chi connectivity index (χ2v) is 6.18. The molecular weight excluding hydrogens is 318 g/mol. The normalized spacial score (nSPS) is 15.0. The van der Waals surface area contributed by atoms with Crippen molar-refractivity contribution in [3.63, 3.8) is 0 Å². The summed E-state index contributed by atoms with van der Waals surface area (Å²) in [7, 11) is 0. The second-order valence-electron chi connectivity index (χ2n) is 6.18. The summed E-state index contributed by atoms with van der Waals surface area (Å²) in [4.78, 5) is 24.8. The van der Waals surface area contributed by atoms with Crippen LogP contribution in [0.25, 0.3) is 0 Å². The van der Waals surface area contributed by atoms with E-state index in [1.165, 1.54) is 0 Å². The van der Waals surface area contributed by atoms with Gasteiger partial charge in [-0.05, 0) is 30.5 Å². The molecule has 0 bridgehead atoms. The Bertz CT molecular complexity index is 737. The molecule has 0 aliphatic carbocycles. The van der Waals surface area contributed by atoms with Crippen LogP contribution in [0.3, 0.4) is 0 Å². The van der Waals surface area contributed by atoms with E-state index in [2.05, 4.69) is 4.90 Å². The molecule has 25 heavy (non-hydrogen) atoms. The van der Waals surface area contributed by atoms with Crippen molar-refractivity contribution in [1.29, 1.82) is 0 Å². The van der Waals surface area contributed by atoms with Crippen molar-refractivity contribution < 1.29 is 19.4 Å². The highest BCUT2D eigenvalue weighted by Gasteiger charge is 2.26. The van der Waals surface area contributed by atoms with Gasteiger partial charge in [0.25, 0.3) is 0 Å². The Hall–Kier alpha value is -2.82. The first-order valence-electron chi connectivity index (χ1n) is 8.41. The highest BCUT2D eigenvalue weighted by atomic mass is 16.5. The number of piperidine rings is 1. The monoisotopic (exact) mass is 339 g/mol. The number of nitrogens with zero attached hydrogens (tertiary/aromatic N) is 1. The minimum absolute atomic E-state index is 0.298. The quantitative estimate of drug-likeness (QED) is 0.817. The van der Waals surface area contributed by atoms with Gasteiger partial charge < -0.3 is 14.7 Å². The van der Waals surface area contributed by atoms with Gasteiger partial charge in [-0.25, -0.2) is 0 Å². The number of benzene rings is 2. The van der Waals surface area contributed by atoms with Gasteiger partial charge >= 0.3 is 5.97 Å². The molecule has 0 radical (unpaired) electrons. The molecule has 0 aromatic heterocycles. The molecule has 1 N–H and O–H groups in total. The van der Waals surface area contributed by atoms with Gasteiger partial charge in [-0.3, -0.25) is 9.59 Å². The number of carbonyl (C=O) groups excluding carboxylic acids is 1. The van der Waals surface area contributed by atoms with E-state index >= 15 is 0 Å². The van der Waals surface area contributed by atoms with Gasteiger partial charge in [0.1, 0.15) is 12.4 Å². The number of hydrogen-bond acceptors (Lipinski definition) is 4. The summed E-state index contributed by atoms with van der Waals surface area (Å²) >= 11 is 0. The summed E-state index contributed by atoms with van der Waals surface area (Å²) in [5.41, 5.74) is 2.36. The van der Waals surface area contributed by atoms with E-state index in [9.17, 15) is 9.59 Å². The summed E-state index contributed by atoms with van der Waals surface area (Å²) in [5.74, 6) is -0.486. The summed E-state index contributed by atoms with van der Waals surface area (Å²) in [6.07, 6.45) is 1.99. The Labute approximate surface area is 146 Å². The first-order valence-corrected chi connectivity index (χ1v) is 8.41. The van der Waals surface area contributed by atoms with Crippen molar-refractivity contribution in [1.82, 2.24) is 0 Å². The third-order valence-electron chi connectivity index (χ3n) is 4.58. The molecule has 5 nitrogen and oxygen atoms in total. The Balaban J connectivity index is 1.75. The van der Waals surface area contributed by atoms with Gasteiger partial charge in [-0.15, -0.1) is 0 Å². The SMILES string of the molecule is O=Cc1c(OCc2ccccc2)cccc1N1CCC(C(=O)O)CC1. The van der Waals surface area contributed by atoms with Gasteiger partial charge in [0.15, 0.2) is 6.29 Å². The standard InChI is InChI=1S/C20H21NO4/c22-13-17-18(21-11-9-16(10-12-21)20(23)24)7-4-8-19(17)25-14-15-5-2-1-3-6-15/h1-8,13,16H,9-12,14H2,(H,23,24). The summed E-state index contributed by atoms with van der Waals surface area (Å²) in [6, 6.07) is 15.3. The van der Waals surface area contributed by atoms with E-state index in [0.29, 0.717) is 43.9 Å². The molecule has 0 saturated carbocycles. The minimum Gasteiger partial charge on any atom is -0.488 e. The Morgan fingerprint density at radius 2 is 1.84 bits per heavy atom. The van der Waals surface area contributed by atoms with Gasteiger partial charge in [-0.1, -0.05) is 36.4 Å². The van der Waals surface area contributed by atoms with Crippen LogP contribution < -0.4 is 9.64 Å². The molecule has 2 aromatic rings. The fraction of sp³-hybridized carbons (Fsp3) is 0.300. The number of ether oxygens (including phenoxy) is 1. The average molecular weight is 339 g/mol. The Morgan fingerprint density at radius 3 is 2.48 bits per heavy atom. The topological polar surface area (TPSA) is 66.8 Å². The van der Waals surface area contributed by atoms with Crippen LogP contribution in [0.4, 0.5) is 5.69 Å². The predicted octanol–water partition coefficient (Wildman–Crippen LogP) is 3.38. The van der Waals surface area contributed by atoms with Crippen LogP contribution in [0.1, 0.15) is 28.8 Å². The number of carbonyl (C=O) groups is 2. The molecule has 0 unspecified atom stereocenters. The van der Waals surface area contributed by atoms with Crippen LogP contribution in [-0.2, 0) is 11.4 Å². The zero-order valence-electron chi connectivity index (χ0n) is 13.9. The lowest BCUT2D eigenvalue weighted by Gasteiger charge is -2.33. The minimum atomic E-state index is -0.741. The number of rotatable bonds is 6. The smallest absolute Gasteiger partial charge is 0.306 e. The molecule has 0 atom stereocenters. The van der Waals surface area contributed by atoms with E-state index in [0.717, 1.165) is 17.5 Å². The zero-order valence-corrected chi connectivity index (χ0v) is 13.9. The fourth-order valence-electron chi connectivity index (χ4n) is 3.16. The molecule has 5 heteroatoms. The molecule has 1 saturated heterocycles. The first kappa shape index (κ1) is 17.0. The van der Waals surface area contributed by atoms with Gasteiger partial charge in [0.05, 0.1) is 17.2 Å².